The molecule has 4 nitrogen and oxygen atoms in total. The molecule has 17 heavy (non-hydrogen) atoms. The lowest BCUT2D eigenvalue weighted by atomic mass is 10.1. The van der Waals surface area contributed by atoms with E-state index in [0.29, 0.717) is 6.42 Å². The molecule has 2 N–H and O–H groups in total. The van der Waals surface area contributed by atoms with Gasteiger partial charge in [-0.25, -0.2) is 4.98 Å². The van der Waals surface area contributed by atoms with Gasteiger partial charge in [-0.1, -0.05) is 0 Å². The molecule has 0 unspecified atom stereocenters. The Balaban J connectivity index is 1.68. The maximum Gasteiger partial charge on any atom is 0.224 e. The Bertz CT molecular complexity index is 542. The Morgan fingerprint density at radius 1 is 1.53 bits per heavy atom. The number of pyridine rings is 1. The van der Waals surface area contributed by atoms with E-state index in [0.717, 1.165) is 29.1 Å². The number of H-pyrrole nitrogens is 1. The van der Waals surface area contributed by atoms with Crippen LogP contribution in [-0.4, -0.2) is 22.4 Å². The third-order valence-corrected chi connectivity index (χ3v) is 3.17. The summed E-state index contributed by atoms with van der Waals surface area (Å²) in [5.74, 6) is 0.824. The van der Waals surface area contributed by atoms with Crippen LogP contribution in [0.3, 0.4) is 0 Å². The first-order chi connectivity index (χ1) is 8.33. The molecule has 0 radical (unpaired) electrons. The average Bonchev–Trinajstić information content (AvgIpc) is 3.10. The summed E-state index contributed by atoms with van der Waals surface area (Å²) in [7, 11) is 0. The van der Waals surface area contributed by atoms with Crippen molar-refractivity contribution in [2.75, 3.05) is 6.54 Å². The minimum atomic E-state index is 0.0988. The highest BCUT2D eigenvalue weighted by Crippen LogP contribution is 2.27. The second-order valence-electron chi connectivity index (χ2n) is 4.64. The van der Waals surface area contributed by atoms with Crippen LogP contribution in [0.15, 0.2) is 24.5 Å². The van der Waals surface area contributed by atoms with E-state index in [1.165, 1.54) is 12.8 Å². The first-order valence-electron chi connectivity index (χ1n) is 6.00. The zero-order valence-electron chi connectivity index (χ0n) is 9.57. The average molecular weight is 229 g/mol. The van der Waals surface area contributed by atoms with Gasteiger partial charge in [-0.2, -0.15) is 0 Å². The number of carbonyl (C=O) groups excluding carboxylic acids is 1. The molecule has 2 aromatic rings. The van der Waals surface area contributed by atoms with E-state index >= 15 is 0 Å². The number of hydrogen-bond acceptors (Lipinski definition) is 2. The quantitative estimate of drug-likeness (QED) is 0.837. The highest BCUT2D eigenvalue weighted by atomic mass is 16.1. The number of amides is 1. The Kier molecular flexibility index (Phi) is 2.55. The smallest absolute Gasteiger partial charge is 0.224 e. The van der Waals surface area contributed by atoms with Crippen LogP contribution < -0.4 is 5.32 Å². The fourth-order valence-corrected chi connectivity index (χ4v) is 1.97. The van der Waals surface area contributed by atoms with Gasteiger partial charge in [0.25, 0.3) is 0 Å². The van der Waals surface area contributed by atoms with Crippen molar-refractivity contribution in [1.29, 1.82) is 0 Å². The highest BCUT2D eigenvalue weighted by Gasteiger charge is 2.21. The van der Waals surface area contributed by atoms with Crippen LogP contribution in [0.2, 0.25) is 0 Å². The fourth-order valence-electron chi connectivity index (χ4n) is 1.97. The van der Waals surface area contributed by atoms with Gasteiger partial charge >= 0.3 is 0 Å². The number of hydrogen-bond donors (Lipinski definition) is 2. The van der Waals surface area contributed by atoms with Crippen molar-refractivity contribution in [3.63, 3.8) is 0 Å². The van der Waals surface area contributed by atoms with Crippen molar-refractivity contribution < 1.29 is 4.79 Å². The van der Waals surface area contributed by atoms with E-state index in [1.54, 1.807) is 6.20 Å². The van der Waals surface area contributed by atoms with Crippen LogP contribution in [0.25, 0.3) is 11.0 Å². The molecule has 0 bridgehead atoms. The number of carbonyl (C=O) groups is 1. The van der Waals surface area contributed by atoms with Crippen LogP contribution in [0.4, 0.5) is 0 Å². The molecule has 0 saturated heterocycles. The lowest BCUT2D eigenvalue weighted by molar-refractivity contribution is -0.120. The summed E-state index contributed by atoms with van der Waals surface area (Å²) in [6, 6.07) is 3.88. The third kappa shape index (κ3) is 2.30. The summed E-state index contributed by atoms with van der Waals surface area (Å²) in [5.41, 5.74) is 1.86. The molecular formula is C13H15N3O. The molecule has 1 amide bonds. The Morgan fingerprint density at radius 3 is 3.24 bits per heavy atom. The number of fused-ring (bicyclic) bond motifs is 1. The van der Waals surface area contributed by atoms with Crippen LogP contribution in [0.1, 0.15) is 18.4 Å². The van der Waals surface area contributed by atoms with Gasteiger partial charge in [0.15, 0.2) is 0 Å². The van der Waals surface area contributed by atoms with Crippen LogP contribution in [0.5, 0.6) is 0 Å². The zero-order valence-corrected chi connectivity index (χ0v) is 9.57. The van der Waals surface area contributed by atoms with Crippen LogP contribution in [0, 0.1) is 5.92 Å². The van der Waals surface area contributed by atoms with Crippen molar-refractivity contribution >= 4 is 16.9 Å². The minimum Gasteiger partial charge on any atom is -0.356 e. The van der Waals surface area contributed by atoms with Gasteiger partial charge in [0.2, 0.25) is 5.91 Å². The standard InChI is InChI=1S/C13H15N3O/c17-12(15-7-9-3-4-9)6-10-8-16-13-11(10)2-1-5-14-13/h1-2,5,8-9H,3-4,6-7H2,(H,14,16)(H,15,17). The number of aromatic amines is 1. The second kappa shape index (κ2) is 4.20. The second-order valence-corrected chi connectivity index (χ2v) is 4.64. The SMILES string of the molecule is O=C(Cc1c[nH]c2ncccc12)NCC1CC1. The summed E-state index contributed by atoms with van der Waals surface area (Å²) in [4.78, 5) is 19.0. The Morgan fingerprint density at radius 2 is 2.41 bits per heavy atom. The fraction of sp³-hybridized carbons (Fsp3) is 0.385. The first kappa shape index (κ1) is 10.3. The van der Waals surface area contributed by atoms with Gasteiger partial charge in [-0.3, -0.25) is 4.79 Å². The minimum absolute atomic E-state index is 0.0988. The van der Waals surface area contributed by atoms with E-state index in [1.807, 2.05) is 18.3 Å². The number of nitrogens with zero attached hydrogens (tertiary/aromatic N) is 1. The van der Waals surface area contributed by atoms with Gasteiger partial charge in [0.1, 0.15) is 5.65 Å². The molecule has 1 fully saturated rings. The summed E-state index contributed by atoms with van der Waals surface area (Å²) in [6.07, 6.45) is 6.57. The van der Waals surface area contributed by atoms with Crippen molar-refractivity contribution in [1.82, 2.24) is 15.3 Å². The first-order valence-corrected chi connectivity index (χ1v) is 6.00. The summed E-state index contributed by atoms with van der Waals surface area (Å²) in [6.45, 7) is 0.833. The summed E-state index contributed by atoms with van der Waals surface area (Å²) in [5, 5.41) is 4.01. The third-order valence-electron chi connectivity index (χ3n) is 3.17. The lowest BCUT2D eigenvalue weighted by Gasteiger charge is -2.02. The maximum atomic E-state index is 11.7. The van der Waals surface area contributed by atoms with Crippen LogP contribution in [-0.2, 0) is 11.2 Å². The maximum absolute atomic E-state index is 11.7. The van der Waals surface area contributed by atoms with E-state index in [9.17, 15) is 4.79 Å². The molecule has 2 heterocycles. The predicted molar refractivity (Wildman–Crippen MR) is 65.5 cm³/mol. The summed E-state index contributed by atoms with van der Waals surface area (Å²) < 4.78 is 0. The van der Waals surface area contributed by atoms with Gasteiger partial charge in [-0.05, 0) is 36.5 Å². The molecule has 88 valence electrons. The summed E-state index contributed by atoms with van der Waals surface area (Å²) >= 11 is 0. The van der Waals surface area contributed by atoms with Crippen molar-refractivity contribution in [2.24, 2.45) is 5.92 Å². The van der Waals surface area contributed by atoms with Gasteiger partial charge < -0.3 is 10.3 Å². The van der Waals surface area contributed by atoms with E-state index in [-0.39, 0.29) is 5.91 Å². The molecule has 1 aliphatic rings. The molecule has 0 spiro atoms. The zero-order chi connectivity index (χ0) is 11.7. The molecule has 1 saturated carbocycles. The molecule has 2 aromatic heterocycles. The Hall–Kier alpha value is -1.84. The predicted octanol–water partition coefficient (Wildman–Crippen LogP) is 1.63. The van der Waals surface area contributed by atoms with Crippen molar-refractivity contribution in [3.05, 3.63) is 30.1 Å². The molecule has 3 rings (SSSR count). The number of nitrogens with one attached hydrogen (secondary N) is 2. The monoisotopic (exact) mass is 229 g/mol. The van der Waals surface area contributed by atoms with E-state index < -0.39 is 0 Å². The normalized spacial score (nSPS) is 15.1. The van der Waals surface area contributed by atoms with Gasteiger partial charge in [-0.15, -0.1) is 0 Å². The van der Waals surface area contributed by atoms with E-state index in [2.05, 4.69) is 15.3 Å². The molecular weight excluding hydrogens is 214 g/mol. The largest absolute Gasteiger partial charge is 0.356 e. The van der Waals surface area contributed by atoms with Crippen molar-refractivity contribution in [3.8, 4) is 0 Å². The molecule has 0 aliphatic heterocycles. The molecule has 0 aromatic carbocycles. The molecule has 0 atom stereocenters. The topological polar surface area (TPSA) is 57.8 Å². The lowest BCUT2D eigenvalue weighted by Crippen LogP contribution is -2.26. The van der Waals surface area contributed by atoms with E-state index in [4.69, 9.17) is 0 Å². The van der Waals surface area contributed by atoms with Gasteiger partial charge in [0.05, 0.1) is 6.42 Å². The Labute approximate surface area is 99.4 Å². The highest BCUT2D eigenvalue weighted by molar-refractivity contribution is 5.87. The van der Waals surface area contributed by atoms with Crippen LogP contribution >= 0.6 is 0 Å². The van der Waals surface area contributed by atoms with Gasteiger partial charge in [0, 0.05) is 24.3 Å². The number of aromatic nitrogens is 2. The number of rotatable bonds is 4. The molecule has 4 heteroatoms. The molecule has 1 aliphatic carbocycles. The van der Waals surface area contributed by atoms with Crippen molar-refractivity contribution in [2.45, 2.75) is 19.3 Å².